The second kappa shape index (κ2) is 6.73. The Balaban J connectivity index is 2.12. The van der Waals surface area contributed by atoms with Gasteiger partial charge in [-0.25, -0.2) is 4.39 Å². The fourth-order valence-corrected chi connectivity index (χ4v) is 2.24. The van der Waals surface area contributed by atoms with Crippen molar-refractivity contribution in [1.82, 2.24) is 0 Å². The van der Waals surface area contributed by atoms with E-state index in [1.54, 1.807) is 24.3 Å². The van der Waals surface area contributed by atoms with Crippen molar-refractivity contribution in [1.29, 1.82) is 5.26 Å². The summed E-state index contributed by atoms with van der Waals surface area (Å²) in [6, 6.07) is 14.9. The minimum atomic E-state index is -0.556. The molecule has 0 saturated heterocycles. The Kier molecular flexibility index (Phi) is 4.75. The monoisotopic (exact) mass is 286 g/mol. The molecule has 0 heterocycles. The fraction of sp³-hybridized carbons (Fsp3) is 0.0667. The number of hydrogen-bond donors (Lipinski definition) is 1. The molecule has 5 heteroatoms. The van der Waals surface area contributed by atoms with Crippen molar-refractivity contribution in [3.05, 3.63) is 59.9 Å². The number of anilines is 1. The van der Waals surface area contributed by atoms with Crippen LogP contribution in [0.3, 0.4) is 0 Å². The quantitative estimate of drug-likeness (QED) is 0.872. The van der Waals surface area contributed by atoms with Gasteiger partial charge in [-0.05, 0) is 30.3 Å². The highest BCUT2D eigenvalue weighted by Crippen LogP contribution is 2.21. The van der Waals surface area contributed by atoms with Gasteiger partial charge in [-0.1, -0.05) is 18.2 Å². The average molecular weight is 286 g/mol. The molecule has 3 nitrogen and oxygen atoms in total. The molecule has 0 aliphatic rings. The molecule has 1 amide bonds. The molecule has 0 radical (unpaired) electrons. The smallest absolute Gasteiger partial charge is 0.258 e. The van der Waals surface area contributed by atoms with Crippen LogP contribution in [0.25, 0.3) is 0 Å². The van der Waals surface area contributed by atoms with E-state index in [-0.39, 0.29) is 5.56 Å². The van der Waals surface area contributed by atoms with Gasteiger partial charge in [0.25, 0.3) is 5.91 Å². The number of amides is 1. The van der Waals surface area contributed by atoms with Gasteiger partial charge < -0.3 is 5.32 Å². The molecule has 20 heavy (non-hydrogen) atoms. The van der Waals surface area contributed by atoms with Crippen LogP contribution in [0.1, 0.15) is 10.4 Å². The number of carbonyl (C=O) groups excluding carboxylic acids is 1. The molecule has 0 atom stereocenters. The zero-order valence-corrected chi connectivity index (χ0v) is 11.3. The maximum absolute atomic E-state index is 13.5. The minimum Gasteiger partial charge on any atom is -0.322 e. The highest BCUT2D eigenvalue weighted by Gasteiger charge is 2.10. The van der Waals surface area contributed by atoms with E-state index in [1.807, 2.05) is 12.1 Å². The van der Waals surface area contributed by atoms with Crippen molar-refractivity contribution in [2.24, 2.45) is 0 Å². The Hall–Kier alpha value is -2.32. The van der Waals surface area contributed by atoms with Gasteiger partial charge in [0.15, 0.2) is 0 Å². The summed E-state index contributed by atoms with van der Waals surface area (Å²) in [6.07, 6.45) is 0. The lowest BCUT2D eigenvalue weighted by Gasteiger charge is -2.07. The molecule has 0 aliphatic heterocycles. The first-order valence-corrected chi connectivity index (χ1v) is 6.85. The van der Waals surface area contributed by atoms with Crippen LogP contribution >= 0.6 is 11.8 Å². The SMILES string of the molecule is N#CCSc1cccc(NC(=O)c2ccccc2F)c1. The Morgan fingerprint density at radius 3 is 2.80 bits per heavy atom. The number of carbonyl (C=O) groups is 1. The summed E-state index contributed by atoms with van der Waals surface area (Å²) in [5.74, 6) is -0.712. The molecular formula is C15H11FN2OS. The summed E-state index contributed by atoms with van der Waals surface area (Å²) in [5.41, 5.74) is 0.573. The zero-order chi connectivity index (χ0) is 14.4. The van der Waals surface area contributed by atoms with Crippen molar-refractivity contribution < 1.29 is 9.18 Å². The molecule has 0 spiro atoms. The molecule has 0 aromatic heterocycles. The van der Waals surface area contributed by atoms with Gasteiger partial charge in [-0.2, -0.15) is 5.26 Å². The van der Waals surface area contributed by atoms with Crippen LogP contribution in [0.15, 0.2) is 53.4 Å². The predicted molar refractivity (Wildman–Crippen MR) is 77.1 cm³/mol. The number of nitriles is 1. The maximum atomic E-state index is 13.5. The summed E-state index contributed by atoms with van der Waals surface area (Å²) >= 11 is 1.37. The Labute approximate surface area is 120 Å². The summed E-state index contributed by atoms with van der Waals surface area (Å²) in [5, 5.41) is 11.2. The molecule has 0 unspecified atom stereocenters. The van der Waals surface area contributed by atoms with Crippen LogP contribution in [0.4, 0.5) is 10.1 Å². The van der Waals surface area contributed by atoms with Crippen molar-refractivity contribution >= 4 is 23.4 Å². The lowest BCUT2D eigenvalue weighted by Crippen LogP contribution is -2.13. The topological polar surface area (TPSA) is 52.9 Å². The highest BCUT2D eigenvalue weighted by atomic mass is 32.2. The summed E-state index contributed by atoms with van der Waals surface area (Å²) < 4.78 is 13.5. The largest absolute Gasteiger partial charge is 0.322 e. The van der Waals surface area contributed by atoms with Crippen LogP contribution in [-0.2, 0) is 0 Å². The van der Waals surface area contributed by atoms with Crippen LogP contribution in [0.2, 0.25) is 0 Å². The molecule has 2 aromatic carbocycles. The van der Waals surface area contributed by atoms with E-state index < -0.39 is 11.7 Å². The Bertz CT molecular complexity index is 667. The van der Waals surface area contributed by atoms with Crippen molar-refractivity contribution in [2.45, 2.75) is 4.90 Å². The van der Waals surface area contributed by atoms with Crippen LogP contribution in [0, 0.1) is 17.1 Å². The number of halogens is 1. The van der Waals surface area contributed by atoms with Gasteiger partial charge in [0, 0.05) is 10.6 Å². The third-order valence-electron chi connectivity index (χ3n) is 2.51. The predicted octanol–water partition coefficient (Wildman–Crippen LogP) is 3.69. The normalized spacial score (nSPS) is 9.80. The van der Waals surface area contributed by atoms with E-state index in [1.165, 1.54) is 30.0 Å². The number of nitrogens with zero attached hydrogens (tertiary/aromatic N) is 1. The number of thioether (sulfide) groups is 1. The van der Waals surface area contributed by atoms with E-state index in [9.17, 15) is 9.18 Å². The van der Waals surface area contributed by atoms with Crippen molar-refractivity contribution in [3.63, 3.8) is 0 Å². The summed E-state index contributed by atoms with van der Waals surface area (Å²) in [7, 11) is 0. The van der Waals surface area contributed by atoms with Crippen LogP contribution in [0.5, 0.6) is 0 Å². The molecule has 100 valence electrons. The second-order valence-electron chi connectivity index (χ2n) is 3.91. The van der Waals surface area contributed by atoms with Crippen molar-refractivity contribution in [2.75, 3.05) is 11.1 Å². The molecule has 2 aromatic rings. The number of benzene rings is 2. The zero-order valence-electron chi connectivity index (χ0n) is 10.5. The van der Waals surface area contributed by atoms with Gasteiger partial charge in [0.2, 0.25) is 0 Å². The minimum absolute atomic E-state index is 0.00239. The first kappa shape index (κ1) is 14.1. The average Bonchev–Trinajstić information content (AvgIpc) is 2.46. The first-order chi connectivity index (χ1) is 9.70. The number of rotatable bonds is 4. The van der Waals surface area contributed by atoms with Gasteiger partial charge in [-0.3, -0.25) is 4.79 Å². The third-order valence-corrected chi connectivity index (χ3v) is 3.37. The fourth-order valence-electron chi connectivity index (χ4n) is 1.62. The van der Waals surface area contributed by atoms with Gasteiger partial charge >= 0.3 is 0 Å². The van der Waals surface area contributed by atoms with E-state index >= 15 is 0 Å². The molecule has 0 fully saturated rings. The van der Waals surface area contributed by atoms with E-state index in [4.69, 9.17) is 5.26 Å². The first-order valence-electron chi connectivity index (χ1n) is 5.86. The van der Waals surface area contributed by atoms with Crippen molar-refractivity contribution in [3.8, 4) is 6.07 Å². The second-order valence-corrected chi connectivity index (χ2v) is 4.96. The number of hydrogen-bond acceptors (Lipinski definition) is 3. The van der Waals surface area contributed by atoms with E-state index in [2.05, 4.69) is 5.32 Å². The molecule has 1 N–H and O–H groups in total. The summed E-state index contributed by atoms with van der Waals surface area (Å²) in [4.78, 5) is 12.8. The lowest BCUT2D eigenvalue weighted by atomic mass is 10.2. The third kappa shape index (κ3) is 3.59. The standard InChI is InChI=1S/C15H11FN2OS/c16-14-7-2-1-6-13(14)15(19)18-11-4-3-5-12(10-11)20-9-8-17/h1-7,10H,9H2,(H,18,19). The molecule has 0 aliphatic carbocycles. The van der Waals surface area contributed by atoms with Crippen LogP contribution in [-0.4, -0.2) is 11.7 Å². The van der Waals surface area contributed by atoms with E-state index in [0.29, 0.717) is 11.4 Å². The molecular weight excluding hydrogens is 275 g/mol. The number of nitrogens with one attached hydrogen (secondary N) is 1. The highest BCUT2D eigenvalue weighted by molar-refractivity contribution is 7.99. The summed E-state index contributed by atoms with van der Waals surface area (Å²) in [6.45, 7) is 0. The van der Waals surface area contributed by atoms with Gasteiger partial charge in [0.05, 0.1) is 17.4 Å². The lowest BCUT2D eigenvalue weighted by molar-refractivity contribution is 0.102. The van der Waals surface area contributed by atoms with Gasteiger partial charge in [0.1, 0.15) is 5.82 Å². The van der Waals surface area contributed by atoms with Crippen LogP contribution < -0.4 is 5.32 Å². The molecule has 0 saturated carbocycles. The maximum Gasteiger partial charge on any atom is 0.258 e. The van der Waals surface area contributed by atoms with Gasteiger partial charge in [-0.15, -0.1) is 11.8 Å². The molecule has 2 rings (SSSR count). The molecule has 0 bridgehead atoms. The van der Waals surface area contributed by atoms with E-state index in [0.717, 1.165) is 4.90 Å². The Morgan fingerprint density at radius 2 is 2.05 bits per heavy atom. The Morgan fingerprint density at radius 1 is 1.25 bits per heavy atom.